The van der Waals surface area contributed by atoms with Crippen molar-refractivity contribution in [2.24, 2.45) is 0 Å². The van der Waals surface area contributed by atoms with Gasteiger partial charge in [0.15, 0.2) is 6.61 Å². The topological polar surface area (TPSA) is 69.0 Å². The predicted octanol–water partition coefficient (Wildman–Crippen LogP) is 4.60. The van der Waals surface area contributed by atoms with Crippen molar-refractivity contribution in [2.45, 2.75) is 6.92 Å². The molecule has 0 atom stereocenters. The normalized spacial score (nSPS) is 11.0. The van der Waals surface area contributed by atoms with E-state index in [2.05, 4.69) is 15.4 Å². The van der Waals surface area contributed by atoms with E-state index >= 15 is 0 Å². The van der Waals surface area contributed by atoms with Gasteiger partial charge in [-0.1, -0.05) is 22.9 Å². The van der Waals surface area contributed by atoms with Crippen LogP contribution in [0.2, 0.25) is 5.02 Å². The molecule has 0 saturated carbocycles. The Labute approximate surface area is 168 Å². The molecule has 4 rings (SSSR count). The van der Waals surface area contributed by atoms with Gasteiger partial charge in [0.05, 0.1) is 15.9 Å². The molecule has 28 heavy (non-hydrogen) atoms. The molecule has 2 aromatic carbocycles. The third-order valence-corrected chi connectivity index (χ3v) is 5.05. The van der Waals surface area contributed by atoms with E-state index in [0.717, 1.165) is 0 Å². The maximum absolute atomic E-state index is 13.4. The third kappa shape index (κ3) is 3.97. The minimum atomic E-state index is -0.344. The largest absolute Gasteiger partial charge is 0.484 e. The zero-order valence-electron chi connectivity index (χ0n) is 14.6. The van der Waals surface area contributed by atoms with Crippen molar-refractivity contribution in [1.82, 2.24) is 14.8 Å². The molecule has 4 aromatic rings. The smallest absolute Gasteiger partial charge is 0.263 e. The van der Waals surface area contributed by atoms with Crippen LogP contribution in [-0.4, -0.2) is 27.3 Å². The van der Waals surface area contributed by atoms with Crippen LogP contribution < -0.4 is 10.1 Å². The van der Waals surface area contributed by atoms with Crippen LogP contribution in [0.25, 0.3) is 15.3 Å². The van der Waals surface area contributed by atoms with Gasteiger partial charge in [0.1, 0.15) is 17.4 Å². The van der Waals surface area contributed by atoms with Crippen molar-refractivity contribution in [3.8, 4) is 10.9 Å². The first kappa shape index (κ1) is 18.4. The number of aromatic nitrogens is 3. The van der Waals surface area contributed by atoms with Crippen LogP contribution in [0.4, 0.5) is 10.2 Å². The second-order valence-corrected chi connectivity index (χ2v) is 7.43. The standard InChI is InChI=1S/C19H14ClFN4O2S/c1-11-8-17(23-18(26)10-27-14-5-2-12(20)3-6-14)25(24-11)19-22-15-7-4-13(21)9-16(15)28-19/h2-9H,10H2,1H3,(H,23,26). The molecule has 0 aliphatic rings. The number of amides is 1. The van der Waals surface area contributed by atoms with E-state index in [4.69, 9.17) is 16.3 Å². The minimum Gasteiger partial charge on any atom is -0.484 e. The fourth-order valence-electron chi connectivity index (χ4n) is 2.57. The molecule has 0 spiro atoms. The van der Waals surface area contributed by atoms with Gasteiger partial charge in [-0.3, -0.25) is 4.79 Å². The van der Waals surface area contributed by atoms with Gasteiger partial charge in [-0.15, -0.1) is 0 Å². The first-order valence-electron chi connectivity index (χ1n) is 8.29. The van der Waals surface area contributed by atoms with Gasteiger partial charge in [0, 0.05) is 11.1 Å². The number of benzene rings is 2. The second kappa shape index (κ2) is 7.57. The molecule has 9 heteroatoms. The Balaban J connectivity index is 1.52. The highest BCUT2D eigenvalue weighted by atomic mass is 35.5. The first-order chi connectivity index (χ1) is 13.5. The van der Waals surface area contributed by atoms with E-state index in [1.165, 1.54) is 28.2 Å². The van der Waals surface area contributed by atoms with Crippen LogP contribution in [0, 0.1) is 12.7 Å². The number of hydrogen-bond acceptors (Lipinski definition) is 5. The van der Waals surface area contributed by atoms with Crippen molar-refractivity contribution in [2.75, 3.05) is 11.9 Å². The van der Waals surface area contributed by atoms with Gasteiger partial charge in [0.2, 0.25) is 5.13 Å². The highest BCUT2D eigenvalue weighted by Crippen LogP contribution is 2.27. The Kier molecular flexibility index (Phi) is 4.97. The summed E-state index contributed by atoms with van der Waals surface area (Å²) >= 11 is 7.11. The highest BCUT2D eigenvalue weighted by molar-refractivity contribution is 7.20. The summed E-state index contributed by atoms with van der Waals surface area (Å²) in [6.07, 6.45) is 0. The molecule has 0 unspecified atom stereocenters. The number of ether oxygens (including phenoxy) is 1. The SMILES string of the molecule is Cc1cc(NC(=O)COc2ccc(Cl)cc2)n(-c2nc3ccc(F)cc3s2)n1. The Morgan fingerprint density at radius 3 is 2.82 bits per heavy atom. The number of rotatable bonds is 5. The number of halogens is 2. The monoisotopic (exact) mass is 416 g/mol. The molecular formula is C19H14ClFN4O2S. The summed E-state index contributed by atoms with van der Waals surface area (Å²) in [6, 6.07) is 12.9. The zero-order valence-corrected chi connectivity index (χ0v) is 16.2. The third-order valence-electron chi connectivity index (χ3n) is 3.80. The lowest BCUT2D eigenvalue weighted by molar-refractivity contribution is -0.118. The van der Waals surface area contributed by atoms with Crippen molar-refractivity contribution in [3.05, 3.63) is 65.1 Å². The van der Waals surface area contributed by atoms with Crippen molar-refractivity contribution < 1.29 is 13.9 Å². The maximum Gasteiger partial charge on any atom is 0.263 e. The molecule has 1 N–H and O–H groups in total. The van der Waals surface area contributed by atoms with Crippen LogP contribution in [0.1, 0.15) is 5.69 Å². The number of nitrogens with one attached hydrogen (secondary N) is 1. The number of aryl methyl sites for hydroxylation is 1. The fraction of sp³-hybridized carbons (Fsp3) is 0.105. The van der Waals surface area contributed by atoms with Crippen LogP contribution >= 0.6 is 22.9 Å². The van der Waals surface area contributed by atoms with Crippen LogP contribution in [0.5, 0.6) is 5.75 Å². The predicted molar refractivity (Wildman–Crippen MR) is 107 cm³/mol. The summed E-state index contributed by atoms with van der Waals surface area (Å²) in [4.78, 5) is 16.8. The van der Waals surface area contributed by atoms with Gasteiger partial charge in [0.25, 0.3) is 5.91 Å². The van der Waals surface area contributed by atoms with E-state index in [9.17, 15) is 9.18 Å². The van der Waals surface area contributed by atoms with E-state index in [1.807, 2.05) is 6.92 Å². The lowest BCUT2D eigenvalue weighted by atomic mass is 10.3. The Morgan fingerprint density at radius 2 is 2.04 bits per heavy atom. The number of anilines is 1. The maximum atomic E-state index is 13.4. The van der Waals surface area contributed by atoms with Gasteiger partial charge in [-0.05, 0) is 49.4 Å². The molecule has 0 saturated heterocycles. The molecule has 0 fully saturated rings. The number of nitrogens with zero attached hydrogens (tertiary/aromatic N) is 3. The molecule has 6 nitrogen and oxygen atoms in total. The van der Waals surface area contributed by atoms with Gasteiger partial charge in [-0.25, -0.2) is 9.37 Å². The van der Waals surface area contributed by atoms with Crippen LogP contribution in [-0.2, 0) is 4.79 Å². The van der Waals surface area contributed by atoms with Crippen LogP contribution in [0.3, 0.4) is 0 Å². The van der Waals surface area contributed by atoms with E-state index in [-0.39, 0.29) is 18.3 Å². The molecule has 1 amide bonds. The zero-order chi connectivity index (χ0) is 19.7. The van der Waals surface area contributed by atoms with Gasteiger partial charge < -0.3 is 10.1 Å². The lowest BCUT2D eigenvalue weighted by Gasteiger charge is -2.08. The number of carbonyl (C=O) groups excluding carboxylic acids is 1. The summed E-state index contributed by atoms with van der Waals surface area (Å²) in [5.74, 6) is 0.328. The number of hydrogen-bond donors (Lipinski definition) is 1. The summed E-state index contributed by atoms with van der Waals surface area (Å²) in [6.45, 7) is 1.64. The lowest BCUT2D eigenvalue weighted by Crippen LogP contribution is -2.21. The molecule has 0 aliphatic heterocycles. The van der Waals surface area contributed by atoms with Crippen molar-refractivity contribution in [1.29, 1.82) is 0 Å². The number of thiazole rings is 1. The van der Waals surface area contributed by atoms with Crippen LogP contribution in [0.15, 0.2) is 48.5 Å². The Morgan fingerprint density at radius 1 is 1.25 bits per heavy atom. The molecule has 2 heterocycles. The first-order valence-corrected chi connectivity index (χ1v) is 9.49. The fourth-order valence-corrected chi connectivity index (χ4v) is 3.65. The van der Waals surface area contributed by atoms with E-state index < -0.39 is 0 Å². The Hall–Kier alpha value is -2.97. The molecule has 0 bridgehead atoms. The summed E-state index contributed by atoms with van der Waals surface area (Å²) in [5.41, 5.74) is 1.37. The van der Waals surface area contributed by atoms with Gasteiger partial charge in [-0.2, -0.15) is 9.78 Å². The van der Waals surface area contributed by atoms with Gasteiger partial charge >= 0.3 is 0 Å². The minimum absolute atomic E-state index is 0.170. The number of fused-ring (bicyclic) bond motifs is 1. The molecule has 142 valence electrons. The van der Waals surface area contributed by atoms with Crippen molar-refractivity contribution in [3.63, 3.8) is 0 Å². The second-order valence-electron chi connectivity index (χ2n) is 5.98. The summed E-state index contributed by atoms with van der Waals surface area (Å²) in [5, 5.41) is 8.27. The van der Waals surface area contributed by atoms with Crippen molar-refractivity contribution >= 4 is 44.9 Å². The average molecular weight is 417 g/mol. The summed E-state index contributed by atoms with van der Waals surface area (Å²) < 4.78 is 21.1. The number of carbonyl (C=O) groups is 1. The van der Waals surface area contributed by atoms with E-state index in [1.54, 1.807) is 36.4 Å². The van der Waals surface area contributed by atoms with E-state index in [0.29, 0.717) is 37.6 Å². The molecule has 0 radical (unpaired) electrons. The highest BCUT2D eigenvalue weighted by Gasteiger charge is 2.15. The molecule has 0 aliphatic carbocycles. The Bertz CT molecular complexity index is 1160. The average Bonchev–Trinajstić information content (AvgIpc) is 3.23. The quantitative estimate of drug-likeness (QED) is 0.516. The molecular weight excluding hydrogens is 403 g/mol. The summed E-state index contributed by atoms with van der Waals surface area (Å²) in [7, 11) is 0. The molecule has 2 aromatic heterocycles.